The molecule has 7 nitrogen and oxygen atoms in total. The molecule has 1 aliphatic heterocycles. The Hall–Kier alpha value is -3.35. The molecule has 7 heteroatoms. The first-order chi connectivity index (χ1) is 12.6. The van der Waals surface area contributed by atoms with Crippen LogP contribution >= 0.6 is 0 Å². The number of nitrogens with zero attached hydrogens (tertiary/aromatic N) is 1. The van der Waals surface area contributed by atoms with Gasteiger partial charge in [-0.3, -0.25) is 14.6 Å². The summed E-state index contributed by atoms with van der Waals surface area (Å²) in [6.45, 7) is 1.28. The molecule has 0 unspecified atom stereocenters. The van der Waals surface area contributed by atoms with Crippen molar-refractivity contribution in [3.63, 3.8) is 0 Å². The van der Waals surface area contributed by atoms with Gasteiger partial charge in [-0.15, -0.1) is 0 Å². The first-order valence-electron chi connectivity index (χ1n) is 8.39. The zero-order valence-electron chi connectivity index (χ0n) is 14.0. The fourth-order valence-corrected chi connectivity index (χ4v) is 3.14. The van der Waals surface area contributed by atoms with E-state index >= 15 is 0 Å². The van der Waals surface area contributed by atoms with E-state index in [1.165, 1.54) is 0 Å². The van der Waals surface area contributed by atoms with Gasteiger partial charge in [0, 0.05) is 30.8 Å². The lowest BCUT2D eigenvalue weighted by Crippen LogP contribution is -2.24. The Balaban J connectivity index is 1.50. The number of hydrogen-bond acceptors (Lipinski definition) is 4. The smallest absolute Gasteiger partial charge is 0.408 e. The molecule has 2 amide bonds. The number of carbonyl (C=O) groups excluding carboxylic acids is 2. The van der Waals surface area contributed by atoms with E-state index in [-0.39, 0.29) is 11.8 Å². The number of anilines is 1. The molecule has 0 saturated carbocycles. The summed E-state index contributed by atoms with van der Waals surface area (Å²) in [7, 11) is 0. The van der Waals surface area contributed by atoms with Gasteiger partial charge in [-0.2, -0.15) is 0 Å². The SMILES string of the molecule is O=C(Nc1ccc2oc(=O)[nH]c2c1)c1cccc(CN2CCCC2=O)c1. The summed E-state index contributed by atoms with van der Waals surface area (Å²) in [6, 6.07) is 12.2. The molecular formula is C19H17N3O4. The maximum atomic E-state index is 12.5. The van der Waals surface area contributed by atoms with E-state index in [1.807, 2.05) is 12.1 Å². The molecule has 1 saturated heterocycles. The van der Waals surface area contributed by atoms with Crippen LogP contribution in [0.3, 0.4) is 0 Å². The summed E-state index contributed by atoms with van der Waals surface area (Å²) >= 11 is 0. The highest BCUT2D eigenvalue weighted by Crippen LogP contribution is 2.18. The van der Waals surface area contributed by atoms with E-state index in [9.17, 15) is 14.4 Å². The second-order valence-electron chi connectivity index (χ2n) is 6.30. The number of aromatic nitrogens is 1. The molecule has 26 heavy (non-hydrogen) atoms. The lowest BCUT2D eigenvalue weighted by atomic mass is 10.1. The van der Waals surface area contributed by atoms with Crippen LogP contribution in [0.4, 0.5) is 5.69 Å². The average Bonchev–Trinajstić information content (AvgIpc) is 3.19. The van der Waals surface area contributed by atoms with Crippen molar-refractivity contribution >= 4 is 28.6 Å². The second kappa shape index (κ2) is 6.51. The molecule has 0 bridgehead atoms. The van der Waals surface area contributed by atoms with E-state index in [2.05, 4.69) is 10.3 Å². The minimum atomic E-state index is -0.535. The van der Waals surface area contributed by atoms with E-state index in [0.717, 1.165) is 18.5 Å². The average molecular weight is 351 g/mol. The van der Waals surface area contributed by atoms with Crippen molar-refractivity contribution in [1.29, 1.82) is 0 Å². The Labute approximate surface area is 148 Å². The van der Waals surface area contributed by atoms with E-state index in [0.29, 0.717) is 35.3 Å². The molecule has 4 rings (SSSR count). The highest BCUT2D eigenvalue weighted by Gasteiger charge is 2.20. The van der Waals surface area contributed by atoms with Crippen LogP contribution < -0.4 is 11.1 Å². The van der Waals surface area contributed by atoms with Gasteiger partial charge in [0.25, 0.3) is 5.91 Å². The van der Waals surface area contributed by atoms with Gasteiger partial charge in [0.15, 0.2) is 5.58 Å². The van der Waals surface area contributed by atoms with Gasteiger partial charge in [0.1, 0.15) is 0 Å². The number of hydrogen-bond donors (Lipinski definition) is 2. The van der Waals surface area contributed by atoms with Crippen molar-refractivity contribution in [2.24, 2.45) is 0 Å². The molecule has 2 heterocycles. The first kappa shape index (κ1) is 16.1. The standard InChI is InChI=1S/C19H17N3O4/c23-17-5-2-8-22(17)11-12-3-1-4-13(9-12)18(24)20-14-6-7-16-15(10-14)21-19(25)26-16/h1,3-4,6-7,9-10H,2,5,8,11H2,(H,20,24)(H,21,25). The van der Waals surface area contributed by atoms with Crippen LogP contribution in [0.15, 0.2) is 51.7 Å². The third kappa shape index (κ3) is 3.23. The van der Waals surface area contributed by atoms with Gasteiger partial charge in [-0.05, 0) is 42.3 Å². The molecule has 0 atom stereocenters. The van der Waals surface area contributed by atoms with Crippen molar-refractivity contribution < 1.29 is 14.0 Å². The zero-order valence-corrected chi connectivity index (χ0v) is 14.0. The lowest BCUT2D eigenvalue weighted by molar-refractivity contribution is -0.128. The molecule has 132 valence electrons. The molecule has 2 aromatic carbocycles. The van der Waals surface area contributed by atoms with Crippen LogP contribution in [0.25, 0.3) is 11.1 Å². The van der Waals surface area contributed by atoms with Gasteiger partial charge in [-0.25, -0.2) is 4.79 Å². The molecular weight excluding hydrogens is 334 g/mol. The van der Waals surface area contributed by atoms with Crippen molar-refractivity contribution in [1.82, 2.24) is 9.88 Å². The summed E-state index contributed by atoms with van der Waals surface area (Å²) in [5.74, 6) is -0.639. The number of carbonyl (C=O) groups is 2. The maximum absolute atomic E-state index is 12.5. The van der Waals surface area contributed by atoms with Gasteiger partial charge >= 0.3 is 5.76 Å². The lowest BCUT2D eigenvalue weighted by Gasteiger charge is -2.16. The number of H-pyrrole nitrogens is 1. The van der Waals surface area contributed by atoms with Crippen LogP contribution in [-0.2, 0) is 11.3 Å². The third-order valence-corrected chi connectivity index (χ3v) is 4.41. The summed E-state index contributed by atoms with van der Waals surface area (Å²) in [5.41, 5.74) is 2.94. The molecule has 1 aliphatic rings. The first-order valence-corrected chi connectivity index (χ1v) is 8.39. The molecule has 0 radical (unpaired) electrons. The summed E-state index contributed by atoms with van der Waals surface area (Å²) in [6.07, 6.45) is 1.48. The van der Waals surface area contributed by atoms with E-state index in [1.54, 1.807) is 35.2 Å². The number of likely N-dealkylation sites (tertiary alicyclic amines) is 1. The van der Waals surface area contributed by atoms with Gasteiger partial charge in [0.2, 0.25) is 5.91 Å². The Morgan fingerprint density at radius 2 is 2.08 bits per heavy atom. The Kier molecular flexibility index (Phi) is 4.04. The topological polar surface area (TPSA) is 95.4 Å². The van der Waals surface area contributed by atoms with Crippen molar-refractivity contribution in [3.8, 4) is 0 Å². The van der Waals surface area contributed by atoms with Crippen LogP contribution in [0.2, 0.25) is 0 Å². The minimum Gasteiger partial charge on any atom is -0.408 e. The van der Waals surface area contributed by atoms with E-state index < -0.39 is 5.76 Å². The molecule has 1 aromatic heterocycles. The fourth-order valence-electron chi connectivity index (χ4n) is 3.14. The summed E-state index contributed by atoms with van der Waals surface area (Å²) in [4.78, 5) is 39.9. The predicted molar refractivity (Wildman–Crippen MR) is 95.9 cm³/mol. The molecule has 3 aromatic rings. The van der Waals surface area contributed by atoms with Crippen molar-refractivity contribution in [3.05, 3.63) is 64.1 Å². The predicted octanol–water partition coefficient (Wildman–Crippen LogP) is 2.50. The van der Waals surface area contributed by atoms with E-state index in [4.69, 9.17) is 4.42 Å². The maximum Gasteiger partial charge on any atom is 0.417 e. The number of benzene rings is 2. The Morgan fingerprint density at radius 1 is 1.19 bits per heavy atom. The number of rotatable bonds is 4. The Morgan fingerprint density at radius 3 is 2.88 bits per heavy atom. The Bertz CT molecular complexity index is 1050. The third-order valence-electron chi connectivity index (χ3n) is 4.41. The summed E-state index contributed by atoms with van der Waals surface area (Å²) in [5, 5.41) is 2.81. The normalized spacial score (nSPS) is 14.2. The van der Waals surface area contributed by atoms with Crippen molar-refractivity contribution in [2.75, 3.05) is 11.9 Å². The van der Waals surface area contributed by atoms with Gasteiger partial charge in [0.05, 0.1) is 5.52 Å². The molecule has 0 aliphatic carbocycles. The number of aromatic amines is 1. The highest BCUT2D eigenvalue weighted by molar-refractivity contribution is 6.05. The van der Waals surface area contributed by atoms with Crippen molar-refractivity contribution in [2.45, 2.75) is 19.4 Å². The fraction of sp³-hybridized carbons (Fsp3) is 0.211. The quantitative estimate of drug-likeness (QED) is 0.755. The highest BCUT2D eigenvalue weighted by atomic mass is 16.4. The zero-order chi connectivity index (χ0) is 18.1. The monoisotopic (exact) mass is 351 g/mol. The number of amides is 2. The van der Waals surface area contributed by atoms with Crippen LogP contribution in [0.1, 0.15) is 28.8 Å². The number of nitrogens with one attached hydrogen (secondary N) is 2. The number of fused-ring (bicyclic) bond motifs is 1. The van der Waals surface area contributed by atoms with Crippen LogP contribution in [0.5, 0.6) is 0 Å². The van der Waals surface area contributed by atoms with Crippen LogP contribution in [0, 0.1) is 0 Å². The second-order valence-corrected chi connectivity index (χ2v) is 6.30. The molecule has 0 spiro atoms. The molecule has 2 N–H and O–H groups in total. The van der Waals surface area contributed by atoms with Crippen LogP contribution in [-0.4, -0.2) is 28.2 Å². The largest absolute Gasteiger partial charge is 0.417 e. The summed E-state index contributed by atoms with van der Waals surface area (Å²) < 4.78 is 4.94. The van der Waals surface area contributed by atoms with Gasteiger partial charge in [-0.1, -0.05) is 12.1 Å². The van der Waals surface area contributed by atoms with Gasteiger partial charge < -0.3 is 14.6 Å². The number of oxazole rings is 1. The minimum absolute atomic E-state index is 0.155. The molecule has 1 fully saturated rings.